The van der Waals surface area contributed by atoms with Crippen molar-refractivity contribution in [2.45, 2.75) is 38.8 Å². The zero-order valence-electron chi connectivity index (χ0n) is 9.76. The molecule has 2 aliphatic carbocycles. The van der Waals surface area contributed by atoms with Crippen LogP contribution in [0.15, 0.2) is 15.7 Å². The second-order valence-electron chi connectivity index (χ2n) is 5.30. The average molecular weight is 235 g/mol. The van der Waals surface area contributed by atoms with Gasteiger partial charge >= 0.3 is 5.69 Å². The first-order valence-electron chi connectivity index (χ1n) is 6.25. The maximum Gasteiger partial charge on any atom is 0.332 e. The molecule has 2 aliphatic rings. The van der Waals surface area contributed by atoms with E-state index in [2.05, 4.69) is 0 Å². The number of anilines is 1. The van der Waals surface area contributed by atoms with Crippen LogP contribution < -0.4 is 17.0 Å². The summed E-state index contributed by atoms with van der Waals surface area (Å²) in [6.07, 6.45) is 4.57. The van der Waals surface area contributed by atoms with Gasteiger partial charge in [0, 0.05) is 19.2 Å². The predicted octanol–water partition coefficient (Wildman–Crippen LogP) is 0.412. The van der Waals surface area contributed by atoms with Crippen molar-refractivity contribution in [1.29, 1.82) is 0 Å². The van der Waals surface area contributed by atoms with Gasteiger partial charge in [0.1, 0.15) is 5.82 Å². The Kier molecular flexibility index (Phi) is 2.34. The highest BCUT2D eigenvalue weighted by Gasteiger charge is 2.26. The molecule has 2 fully saturated rings. The van der Waals surface area contributed by atoms with Gasteiger partial charge in [-0.15, -0.1) is 0 Å². The van der Waals surface area contributed by atoms with E-state index in [-0.39, 0.29) is 11.2 Å². The van der Waals surface area contributed by atoms with Gasteiger partial charge in [-0.3, -0.25) is 13.9 Å². The minimum atomic E-state index is -0.258. The molecule has 0 amide bonds. The van der Waals surface area contributed by atoms with E-state index >= 15 is 0 Å². The van der Waals surface area contributed by atoms with Crippen LogP contribution >= 0.6 is 0 Å². The Morgan fingerprint density at radius 2 is 1.59 bits per heavy atom. The molecule has 0 bridgehead atoms. The van der Waals surface area contributed by atoms with Crippen molar-refractivity contribution in [3.63, 3.8) is 0 Å². The molecule has 0 saturated heterocycles. The summed E-state index contributed by atoms with van der Waals surface area (Å²) in [6.45, 7) is 1.22. The van der Waals surface area contributed by atoms with Gasteiger partial charge in [0.2, 0.25) is 0 Å². The second kappa shape index (κ2) is 3.75. The minimum absolute atomic E-state index is 0.228. The Bertz CT molecular complexity index is 550. The Labute approximate surface area is 98.9 Å². The van der Waals surface area contributed by atoms with E-state index < -0.39 is 0 Å². The van der Waals surface area contributed by atoms with Crippen LogP contribution in [-0.2, 0) is 13.1 Å². The Morgan fingerprint density at radius 1 is 1.06 bits per heavy atom. The SMILES string of the molecule is Nc1cc(=O)n(CC2CC2)c(=O)n1CC1CC1. The van der Waals surface area contributed by atoms with Crippen LogP contribution in [0.3, 0.4) is 0 Å². The van der Waals surface area contributed by atoms with Crippen molar-refractivity contribution in [1.82, 2.24) is 9.13 Å². The molecular weight excluding hydrogens is 218 g/mol. The number of nitrogens with two attached hydrogens (primary N) is 1. The molecule has 1 aromatic rings. The van der Waals surface area contributed by atoms with Crippen molar-refractivity contribution in [2.24, 2.45) is 11.8 Å². The number of aromatic nitrogens is 2. The molecule has 0 atom stereocenters. The van der Waals surface area contributed by atoms with Crippen LogP contribution in [0.4, 0.5) is 5.82 Å². The van der Waals surface area contributed by atoms with Crippen molar-refractivity contribution in [3.05, 3.63) is 26.9 Å². The standard InChI is InChI=1S/C12H17N3O2/c13-10-5-11(16)15(7-9-3-4-9)12(17)14(10)6-8-1-2-8/h5,8-9H,1-4,6-7,13H2. The van der Waals surface area contributed by atoms with Gasteiger partial charge in [0.15, 0.2) is 0 Å². The predicted molar refractivity (Wildman–Crippen MR) is 64.8 cm³/mol. The van der Waals surface area contributed by atoms with Crippen LogP contribution in [0.1, 0.15) is 25.7 Å². The fraction of sp³-hybridized carbons (Fsp3) is 0.667. The van der Waals surface area contributed by atoms with Crippen LogP contribution in [0.2, 0.25) is 0 Å². The Morgan fingerprint density at radius 3 is 2.12 bits per heavy atom. The first-order valence-corrected chi connectivity index (χ1v) is 6.25. The highest BCUT2D eigenvalue weighted by Crippen LogP contribution is 2.31. The Hall–Kier alpha value is -1.52. The molecule has 17 heavy (non-hydrogen) atoms. The van der Waals surface area contributed by atoms with E-state index in [4.69, 9.17) is 5.73 Å². The van der Waals surface area contributed by atoms with E-state index in [1.54, 1.807) is 4.57 Å². The Balaban J connectivity index is 2.00. The van der Waals surface area contributed by atoms with Crippen LogP contribution in [0.5, 0.6) is 0 Å². The largest absolute Gasteiger partial charge is 0.385 e. The molecule has 92 valence electrons. The summed E-state index contributed by atoms with van der Waals surface area (Å²) >= 11 is 0. The molecule has 0 spiro atoms. The third-order valence-electron chi connectivity index (χ3n) is 3.59. The van der Waals surface area contributed by atoms with Gasteiger partial charge in [-0.1, -0.05) is 0 Å². The highest BCUT2D eigenvalue weighted by molar-refractivity contribution is 5.26. The number of nitrogen functional groups attached to an aromatic ring is 1. The first kappa shape index (κ1) is 10.6. The summed E-state index contributed by atoms with van der Waals surface area (Å²) < 4.78 is 2.90. The topological polar surface area (TPSA) is 70.0 Å². The molecule has 0 unspecified atom stereocenters. The number of hydrogen-bond donors (Lipinski definition) is 1. The summed E-state index contributed by atoms with van der Waals surface area (Å²) in [6, 6.07) is 1.38. The zero-order chi connectivity index (χ0) is 12.0. The summed E-state index contributed by atoms with van der Waals surface area (Å²) in [4.78, 5) is 23.9. The van der Waals surface area contributed by atoms with Crippen LogP contribution in [0.25, 0.3) is 0 Å². The van der Waals surface area contributed by atoms with Crippen LogP contribution in [0, 0.1) is 11.8 Å². The van der Waals surface area contributed by atoms with Crippen LogP contribution in [-0.4, -0.2) is 9.13 Å². The molecule has 0 aliphatic heterocycles. The third-order valence-corrected chi connectivity index (χ3v) is 3.59. The molecule has 2 saturated carbocycles. The smallest absolute Gasteiger partial charge is 0.332 e. The molecule has 0 radical (unpaired) electrons. The van der Waals surface area contributed by atoms with E-state index in [1.165, 1.54) is 10.6 Å². The molecular formula is C12H17N3O2. The van der Waals surface area contributed by atoms with Gasteiger partial charge in [-0.2, -0.15) is 0 Å². The van der Waals surface area contributed by atoms with Gasteiger partial charge < -0.3 is 5.73 Å². The third kappa shape index (κ3) is 2.14. The van der Waals surface area contributed by atoms with Crippen molar-refractivity contribution < 1.29 is 0 Å². The monoisotopic (exact) mass is 235 g/mol. The van der Waals surface area contributed by atoms with E-state index in [9.17, 15) is 9.59 Å². The molecule has 1 aromatic heterocycles. The fourth-order valence-corrected chi connectivity index (χ4v) is 2.10. The number of hydrogen-bond acceptors (Lipinski definition) is 3. The lowest BCUT2D eigenvalue weighted by Gasteiger charge is -2.11. The number of rotatable bonds is 4. The molecule has 1 heterocycles. The molecule has 5 nitrogen and oxygen atoms in total. The van der Waals surface area contributed by atoms with Crippen molar-refractivity contribution >= 4 is 5.82 Å². The molecule has 2 N–H and O–H groups in total. The van der Waals surface area contributed by atoms with Crippen molar-refractivity contribution in [2.75, 3.05) is 5.73 Å². The highest BCUT2D eigenvalue weighted by atomic mass is 16.2. The minimum Gasteiger partial charge on any atom is -0.385 e. The summed E-state index contributed by atoms with van der Waals surface area (Å²) in [7, 11) is 0. The summed E-state index contributed by atoms with van der Waals surface area (Å²) in [5.41, 5.74) is 5.28. The van der Waals surface area contributed by atoms with E-state index in [0.717, 1.165) is 25.7 Å². The fourth-order valence-electron chi connectivity index (χ4n) is 2.10. The molecule has 3 rings (SSSR count). The first-order chi connectivity index (χ1) is 8.15. The normalized spacial score (nSPS) is 19.5. The van der Waals surface area contributed by atoms with E-state index in [0.29, 0.717) is 30.7 Å². The lowest BCUT2D eigenvalue weighted by Crippen LogP contribution is -2.41. The van der Waals surface area contributed by atoms with Crippen molar-refractivity contribution in [3.8, 4) is 0 Å². The zero-order valence-corrected chi connectivity index (χ0v) is 9.76. The van der Waals surface area contributed by atoms with Gasteiger partial charge in [-0.25, -0.2) is 4.79 Å². The summed E-state index contributed by atoms with van der Waals surface area (Å²) in [5, 5.41) is 0. The molecule has 0 aromatic carbocycles. The van der Waals surface area contributed by atoms with Gasteiger partial charge in [0.25, 0.3) is 5.56 Å². The lowest BCUT2D eigenvalue weighted by molar-refractivity contribution is 0.512. The maximum absolute atomic E-state index is 12.2. The lowest BCUT2D eigenvalue weighted by atomic mass is 10.4. The second-order valence-corrected chi connectivity index (χ2v) is 5.30. The average Bonchev–Trinajstić information content (AvgIpc) is 3.12. The maximum atomic E-state index is 12.2. The summed E-state index contributed by atoms with van der Waals surface area (Å²) in [5.74, 6) is 1.39. The molecule has 5 heteroatoms. The van der Waals surface area contributed by atoms with Gasteiger partial charge in [0.05, 0.1) is 0 Å². The van der Waals surface area contributed by atoms with E-state index in [1.807, 2.05) is 0 Å². The number of nitrogens with zero attached hydrogens (tertiary/aromatic N) is 2. The quantitative estimate of drug-likeness (QED) is 0.821. The van der Waals surface area contributed by atoms with Gasteiger partial charge in [-0.05, 0) is 37.5 Å².